The number of esters is 3. The van der Waals surface area contributed by atoms with Crippen molar-refractivity contribution >= 4 is 17.9 Å². The van der Waals surface area contributed by atoms with Crippen molar-refractivity contribution in [2.75, 3.05) is 13.2 Å². The Morgan fingerprint density at radius 1 is 0.273 bits per heavy atom. The summed E-state index contributed by atoms with van der Waals surface area (Å²) in [7, 11) is 0. The van der Waals surface area contributed by atoms with Gasteiger partial charge in [-0.25, -0.2) is 0 Å². The maximum atomic E-state index is 12.9. The van der Waals surface area contributed by atoms with Gasteiger partial charge in [-0.2, -0.15) is 0 Å². The van der Waals surface area contributed by atoms with Gasteiger partial charge in [-0.05, 0) is 83.5 Å². The summed E-state index contributed by atoms with van der Waals surface area (Å²) in [5.41, 5.74) is 0. The predicted molar refractivity (Wildman–Crippen MR) is 334 cm³/mol. The SMILES string of the molecule is CC/C=C\C/C=C\C/C=C\C/C=C\C/C=C\C/C=C\C/C=C\C/C=C\CCCCCCCCC(=O)OCC(COC(=O)CCCCCCCCC)OC(=O)CCCCCCCCCCCCCCCCCCCCCCC. The van der Waals surface area contributed by atoms with Crippen molar-refractivity contribution < 1.29 is 28.6 Å². The minimum Gasteiger partial charge on any atom is -0.462 e. The molecule has 0 saturated carbocycles. The number of hydrogen-bond donors (Lipinski definition) is 0. The van der Waals surface area contributed by atoms with Crippen LogP contribution < -0.4 is 0 Å². The fraction of sp³-hybridized carbons (Fsp3) is 0.732. The molecule has 0 bridgehead atoms. The Morgan fingerprint density at radius 3 is 0.792 bits per heavy atom. The molecule has 0 aliphatic carbocycles. The van der Waals surface area contributed by atoms with Gasteiger partial charge in [-0.3, -0.25) is 14.4 Å². The number of ether oxygens (including phenoxy) is 3. The van der Waals surface area contributed by atoms with Crippen LogP contribution in [0.3, 0.4) is 0 Å². The van der Waals surface area contributed by atoms with Crippen LogP contribution in [0.4, 0.5) is 0 Å². The predicted octanol–water partition coefficient (Wildman–Crippen LogP) is 22.4. The number of rotatable bonds is 59. The lowest BCUT2D eigenvalue weighted by atomic mass is 10.0. The van der Waals surface area contributed by atoms with Gasteiger partial charge >= 0.3 is 17.9 Å². The van der Waals surface area contributed by atoms with E-state index < -0.39 is 6.10 Å². The highest BCUT2D eigenvalue weighted by atomic mass is 16.6. The first-order chi connectivity index (χ1) is 38.0. The second-order valence-corrected chi connectivity index (χ2v) is 21.7. The van der Waals surface area contributed by atoms with E-state index >= 15 is 0 Å². The summed E-state index contributed by atoms with van der Waals surface area (Å²) < 4.78 is 16.8. The molecule has 0 radical (unpaired) electrons. The zero-order chi connectivity index (χ0) is 55.7. The van der Waals surface area contributed by atoms with Gasteiger partial charge in [-0.15, -0.1) is 0 Å². The molecule has 6 heteroatoms. The summed E-state index contributed by atoms with van der Waals surface area (Å²) in [5, 5.41) is 0. The minimum atomic E-state index is -0.780. The van der Waals surface area contributed by atoms with E-state index in [0.717, 1.165) is 122 Å². The number of allylic oxidation sites excluding steroid dienone is 16. The fourth-order valence-electron chi connectivity index (χ4n) is 9.23. The Kier molecular flexibility index (Phi) is 61.8. The molecule has 0 rings (SSSR count). The molecule has 0 aliphatic rings. The number of carbonyl (C=O) groups excluding carboxylic acids is 3. The Hall–Kier alpha value is -3.67. The molecular formula is C71H122O6. The zero-order valence-electron chi connectivity index (χ0n) is 50.7. The van der Waals surface area contributed by atoms with E-state index in [1.54, 1.807) is 0 Å². The highest BCUT2D eigenvalue weighted by molar-refractivity contribution is 5.71. The van der Waals surface area contributed by atoms with E-state index in [1.165, 1.54) is 154 Å². The molecule has 0 saturated heterocycles. The van der Waals surface area contributed by atoms with Crippen LogP contribution in [0.5, 0.6) is 0 Å². The molecule has 6 nitrogen and oxygen atoms in total. The van der Waals surface area contributed by atoms with Crippen molar-refractivity contribution in [2.45, 2.75) is 322 Å². The van der Waals surface area contributed by atoms with Gasteiger partial charge in [0, 0.05) is 19.3 Å². The zero-order valence-corrected chi connectivity index (χ0v) is 50.7. The minimum absolute atomic E-state index is 0.0788. The summed E-state index contributed by atoms with van der Waals surface area (Å²) >= 11 is 0. The van der Waals surface area contributed by atoms with Crippen LogP contribution in [0.15, 0.2) is 97.2 Å². The standard InChI is InChI=1S/C71H122O6/c1-4-7-10-13-16-18-20-22-24-26-28-30-31-32-33-34-35-36-37-38-39-41-42-44-46-48-50-52-55-58-61-64-70(73)76-67-68(66-75-69(72)63-60-57-54-15-12-9-6-3)77-71(74)65-62-59-56-53-51-49-47-45-43-40-29-27-25-23-21-19-17-14-11-8-5-2/h7,10,16,18,22,24,28,30,32-33,35-36,38-39,42,44,68H,4-6,8-9,11-15,17,19-21,23,25-27,29,31,34,37,40-41,43,45-67H2,1-3H3/b10-7-,18-16-,24-22-,30-28-,33-32-,36-35-,39-38-,44-42-. The lowest BCUT2D eigenvalue weighted by molar-refractivity contribution is -0.167. The van der Waals surface area contributed by atoms with Crippen molar-refractivity contribution in [3.63, 3.8) is 0 Å². The molecule has 0 aromatic heterocycles. The van der Waals surface area contributed by atoms with Crippen LogP contribution in [-0.2, 0) is 28.6 Å². The summed E-state index contributed by atoms with van der Waals surface area (Å²) in [6.07, 6.45) is 87.3. The Labute approximate surface area is 477 Å². The normalized spacial score (nSPS) is 12.7. The Morgan fingerprint density at radius 2 is 0.506 bits per heavy atom. The first-order valence-corrected chi connectivity index (χ1v) is 32.7. The molecule has 442 valence electrons. The molecule has 0 aromatic rings. The number of carbonyl (C=O) groups is 3. The molecule has 1 unspecified atom stereocenters. The maximum Gasteiger partial charge on any atom is 0.306 e. The third kappa shape index (κ3) is 63.0. The highest BCUT2D eigenvalue weighted by Gasteiger charge is 2.19. The van der Waals surface area contributed by atoms with Gasteiger partial charge < -0.3 is 14.2 Å². The molecule has 1 atom stereocenters. The topological polar surface area (TPSA) is 78.9 Å². The summed E-state index contributed by atoms with van der Waals surface area (Å²) in [6.45, 7) is 6.50. The first-order valence-electron chi connectivity index (χ1n) is 32.7. The number of hydrogen-bond acceptors (Lipinski definition) is 6. The molecule has 0 amide bonds. The van der Waals surface area contributed by atoms with E-state index in [9.17, 15) is 14.4 Å². The molecule has 0 aliphatic heterocycles. The van der Waals surface area contributed by atoms with Gasteiger partial charge in [0.05, 0.1) is 0 Å². The summed E-state index contributed by atoms with van der Waals surface area (Å²) in [6, 6.07) is 0. The monoisotopic (exact) mass is 1070 g/mol. The van der Waals surface area contributed by atoms with Crippen LogP contribution in [0.1, 0.15) is 316 Å². The van der Waals surface area contributed by atoms with Crippen molar-refractivity contribution in [3.8, 4) is 0 Å². The van der Waals surface area contributed by atoms with E-state index in [1.807, 2.05) is 0 Å². The van der Waals surface area contributed by atoms with Crippen molar-refractivity contribution in [1.82, 2.24) is 0 Å². The van der Waals surface area contributed by atoms with Crippen LogP contribution in [0.2, 0.25) is 0 Å². The molecule has 0 heterocycles. The average molecular weight is 1070 g/mol. The molecule has 0 spiro atoms. The van der Waals surface area contributed by atoms with Gasteiger partial charge in [-0.1, -0.05) is 311 Å². The average Bonchev–Trinajstić information content (AvgIpc) is 3.43. The van der Waals surface area contributed by atoms with Crippen LogP contribution >= 0.6 is 0 Å². The third-order valence-corrected chi connectivity index (χ3v) is 14.1. The smallest absolute Gasteiger partial charge is 0.306 e. The van der Waals surface area contributed by atoms with Crippen molar-refractivity contribution in [2.24, 2.45) is 0 Å². The second kappa shape index (κ2) is 64.9. The van der Waals surface area contributed by atoms with E-state index in [4.69, 9.17) is 14.2 Å². The summed E-state index contributed by atoms with van der Waals surface area (Å²) in [4.78, 5) is 38.1. The third-order valence-electron chi connectivity index (χ3n) is 14.1. The summed E-state index contributed by atoms with van der Waals surface area (Å²) in [5.74, 6) is -0.889. The van der Waals surface area contributed by atoms with E-state index in [2.05, 4.69) is 118 Å². The Balaban J connectivity index is 4.16. The second-order valence-electron chi connectivity index (χ2n) is 21.7. The molecule has 77 heavy (non-hydrogen) atoms. The molecule has 0 N–H and O–H groups in total. The van der Waals surface area contributed by atoms with Gasteiger partial charge in [0.25, 0.3) is 0 Å². The highest BCUT2D eigenvalue weighted by Crippen LogP contribution is 2.17. The van der Waals surface area contributed by atoms with Crippen molar-refractivity contribution in [3.05, 3.63) is 97.2 Å². The van der Waals surface area contributed by atoms with E-state index in [-0.39, 0.29) is 31.1 Å². The van der Waals surface area contributed by atoms with Crippen LogP contribution in [0, 0.1) is 0 Å². The van der Waals surface area contributed by atoms with Gasteiger partial charge in [0.15, 0.2) is 6.10 Å². The van der Waals surface area contributed by atoms with Crippen LogP contribution in [0.25, 0.3) is 0 Å². The number of unbranched alkanes of at least 4 members (excludes halogenated alkanes) is 32. The quantitative estimate of drug-likeness (QED) is 0.0261. The van der Waals surface area contributed by atoms with Crippen LogP contribution in [-0.4, -0.2) is 37.2 Å². The van der Waals surface area contributed by atoms with Crippen molar-refractivity contribution in [1.29, 1.82) is 0 Å². The fourth-order valence-corrected chi connectivity index (χ4v) is 9.23. The molecule has 0 fully saturated rings. The van der Waals surface area contributed by atoms with Gasteiger partial charge in [0.1, 0.15) is 13.2 Å². The molecular weight excluding hydrogens is 949 g/mol. The van der Waals surface area contributed by atoms with E-state index in [0.29, 0.717) is 19.3 Å². The first kappa shape index (κ1) is 73.3. The Bertz CT molecular complexity index is 1510. The van der Waals surface area contributed by atoms with Gasteiger partial charge in [0.2, 0.25) is 0 Å². The largest absolute Gasteiger partial charge is 0.462 e. The maximum absolute atomic E-state index is 12.9. The molecule has 0 aromatic carbocycles. The lowest BCUT2D eigenvalue weighted by Gasteiger charge is -2.18. The lowest BCUT2D eigenvalue weighted by Crippen LogP contribution is -2.30.